The summed E-state index contributed by atoms with van der Waals surface area (Å²) in [5.41, 5.74) is 1.01. The molecule has 0 radical (unpaired) electrons. The van der Waals surface area contributed by atoms with Gasteiger partial charge in [-0.3, -0.25) is 9.59 Å². The summed E-state index contributed by atoms with van der Waals surface area (Å²) < 4.78 is 5.22. The molecule has 1 amide bonds. The van der Waals surface area contributed by atoms with E-state index in [9.17, 15) is 9.59 Å². The maximum absolute atomic E-state index is 12.3. The monoisotopic (exact) mass is 349 g/mol. The first-order chi connectivity index (χ1) is 12.6. The SMILES string of the molecule is [C-]#[N+]c1cccc(C(=O)Nc2ccc(C3(C(=O)OCC)CCC3)cn2)c1. The molecule has 3 rings (SSSR count). The van der Waals surface area contributed by atoms with Crippen molar-refractivity contribution in [3.05, 3.63) is 65.1 Å². The minimum atomic E-state index is -0.602. The van der Waals surface area contributed by atoms with Crippen molar-refractivity contribution in [1.29, 1.82) is 0 Å². The summed E-state index contributed by atoms with van der Waals surface area (Å²) in [6, 6.07) is 9.98. The molecule has 1 heterocycles. The van der Waals surface area contributed by atoms with Crippen LogP contribution in [0.4, 0.5) is 11.5 Å². The van der Waals surface area contributed by atoms with Crippen LogP contribution in [0.15, 0.2) is 42.6 Å². The molecule has 1 aromatic carbocycles. The summed E-state index contributed by atoms with van der Waals surface area (Å²) in [5.74, 6) is -0.148. The molecule has 6 nitrogen and oxygen atoms in total. The van der Waals surface area contributed by atoms with Crippen LogP contribution in [0.5, 0.6) is 0 Å². The van der Waals surface area contributed by atoms with Gasteiger partial charge in [0.1, 0.15) is 5.82 Å². The number of amides is 1. The summed E-state index contributed by atoms with van der Waals surface area (Å²) in [5, 5.41) is 2.71. The maximum Gasteiger partial charge on any atom is 0.316 e. The molecule has 1 aromatic heterocycles. The highest BCUT2D eigenvalue weighted by Crippen LogP contribution is 2.44. The van der Waals surface area contributed by atoms with Crippen molar-refractivity contribution < 1.29 is 14.3 Å². The van der Waals surface area contributed by atoms with Gasteiger partial charge in [-0.2, -0.15) is 0 Å². The van der Waals surface area contributed by atoms with Crippen LogP contribution in [-0.2, 0) is 14.9 Å². The Labute approximate surface area is 152 Å². The number of ether oxygens (including phenoxy) is 1. The predicted molar refractivity (Wildman–Crippen MR) is 97.1 cm³/mol. The van der Waals surface area contributed by atoms with Crippen LogP contribution in [0.2, 0.25) is 0 Å². The van der Waals surface area contributed by atoms with Crippen LogP contribution >= 0.6 is 0 Å². The number of hydrogen-bond acceptors (Lipinski definition) is 4. The van der Waals surface area contributed by atoms with E-state index in [2.05, 4.69) is 15.1 Å². The molecule has 132 valence electrons. The van der Waals surface area contributed by atoms with E-state index in [0.29, 0.717) is 23.7 Å². The Balaban J connectivity index is 1.74. The van der Waals surface area contributed by atoms with E-state index in [0.717, 1.165) is 24.8 Å². The Bertz CT molecular complexity index is 865. The molecular formula is C20H19N3O3. The van der Waals surface area contributed by atoms with Gasteiger partial charge < -0.3 is 10.1 Å². The van der Waals surface area contributed by atoms with Gasteiger partial charge in [-0.25, -0.2) is 9.83 Å². The zero-order chi connectivity index (χ0) is 18.6. The second-order valence-corrected chi connectivity index (χ2v) is 6.20. The minimum Gasteiger partial charge on any atom is -0.465 e. The number of benzene rings is 1. The van der Waals surface area contributed by atoms with E-state index in [1.807, 2.05) is 6.07 Å². The van der Waals surface area contributed by atoms with Gasteiger partial charge in [0, 0.05) is 11.8 Å². The van der Waals surface area contributed by atoms with E-state index in [1.54, 1.807) is 37.4 Å². The normalized spacial score (nSPS) is 14.6. The lowest BCUT2D eigenvalue weighted by molar-refractivity contribution is -0.153. The van der Waals surface area contributed by atoms with E-state index >= 15 is 0 Å². The summed E-state index contributed by atoms with van der Waals surface area (Å²) in [6.07, 6.45) is 4.11. The molecule has 0 bridgehead atoms. The van der Waals surface area contributed by atoms with Crippen LogP contribution in [0.25, 0.3) is 4.85 Å². The highest BCUT2D eigenvalue weighted by atomic mass is 16.5. The number of pyridine rings is 1. The summed E-state index contributed by atoms with van der Waals surface area (Å²) in [6.45, 7) is 9.16. The van der Waals surface area contributed by atoms with Gasteiger partial charge in [0.2, 0.25) is 0 Å². The molecule has 0 spiro atoms. The van der Waals surface area contributed by atoms with Crippen molar-refractivity contribution in [2.24, 2.45) is 0 Å². The van der Waals surface area contributed by atoms with E-state index in [1.165, 1.54) is 6.07 Å². The number of rotatable bonds is 5. The fourth-order valence-corrected chi connectivity index (χ4v) is 3.07. The number of anilines is 1. The van der Waals surface area contributed by atoms with Crippen molar-refractivity contribution >= 4 is 23.4 Å². The predicted octanol–water partition coefficient (Wildman–Crippen LogP) is 3.87. The summed E-state index contributed by atoms with van der Waals surface area (Å²) in [7, 11) is 0. The van der Waals surface area contributed by atoms with Gasteiger partial charge in [0.25, 0.3) is 5.91 Å². The van der Waals surface area contributed by atoms with Gasteiger partial charge in [-0.15, -0.1) is 0 Å². The van der Waals surface area contributed by atoms with Crippen molar-refractivity contribution in [1.82, 2.24) is 4.98 Å². The van der Waals surface area contributed by atoms with Gasteiger partial charge >= 0.3 is 5.97 Å². The average Bonchev–Trinajstić information content (AvgIpc) is 2.62. The fourth-order valence-electron chi connectivity index (χ4n) is 3.07. The first-order valence-electron chi connectivity index (χ1n) is 8.52. The van der Waals surface area contributed by atoms with E-state index in [4.69, 9.17) is 11.3 Å². The number of nitrogens with zero attached hydrogens (tertiary/aromatic N) is 2. The fraction of sp³-hybridized carbons (Fsp3) is 0.300. The van der Waals surface area contributed by atoms with Gasteiger partial charge in [-0.1, -0.05) is 30.7 Å². The van der Waals surface area contributed by atoms with Gasteiger partial charge in [-0.05, 0) is 37.5 Å². The number of carbonyl (C=O) groups excluding carboxylic acids is 2. The topological polar surface area (TPSA) is 72.7 Å². The van der Waals surface area contributed by atoms with Gasteiger partial charge in [0.05, 0.1) is 18.6 Å². The molecule has 0 saturated heterocycles. The Morgan fingerprint density at radius 3 is 2.69 bits per heavy atom. The lowest BCUT2D eigenvalue weighted by Gasteiger charge is -2.39. The highest BCUT2D eigenvalue weighted by molar-refractivity contribution is 6.04. The molecule has 1 saturated carbocycles. The third kappa shape index (κ3) is 3.29. The summed E-state index contributed by atoms with van der Waals surface area (Å²) in [4.78, 5) is 32.2. The average molecular weight is 349 g/mol. The molecule has 26 heavy (non-hydrogen) atoms. The van der Waals surface area contributed by atoms with Crippen LogP contribution < -0.4 is 5.32 Å². The molecule has 1 aliphatic carbocycles. The van der Waals surface area contributed by atoms with Crippen LogP contribution in [0.3, 0.4) is 0 Å². The molecule has 1 fully saturated rings. The van der Waals surface area contributed by atoms with E-state index in [-0.39, 0.29) is 11.9 Å². The molecule has 0 unspecified atom stereocenters. The molecular weight excluding hydrogens is 330 g/mol. The van der Waals surface area contributed by atoms with Crippen LogP contribution in [-0.4, -0.2) is 23.5 Å². The lowest BCUT2D eigenvalue weighted by atomic mass is 9.65. The third-order valence-corrected chi connectivity index (χ3v) is 4.67. The molecule has 2 aromatic rings. The van der Waals surface area contributed by atoms with Gasteiger partial charge in [0.15, 0.2) is 5.69 Å². The number of nitrogens with one attached hydrogen (secondary N) is 1. The van der Waals surface area contributed by atoms with Crippen molar-refractivity contribution in [2.75, 3.05) is 11.9 Å². The summed E-state index contributed by atoms with van der Waals surface area (Å²) >= 11 is 0. The van der Waals surface area contributed by atoms with Crippen molar-refractivity contribution in [2.45, 2.75) is 31.6 Å². The zero-order valence-corrected chi connectivity index (χ0v) is 14.5. The number of aromatic nitrogens is 1. The minimum absolute atomic E-state index is 0.208. The highest BCUT2D eigenvalue weighted by Gasteiger charge is 2.47. The van der Waals surface area contributed by atoms with Crippen LogP contribution in [0.1, 0.15) is 42.1 Å². The standard InChI is InChI=1S/C20H19N3O3/c1-3-26-19(25)20(10-5-11-20)15-8-9-17(22-13-15)23-18(24)14-6-4-7-16(12-14)21-2/h4,6-9,12-13H,3,5,10-11H2,1H3,(H,22,23,24). The number of esters is 1. The third-order valence-electron chi connectivity index (χ3n) is 4.67. The molecule has 1 N–H and O–H groups in total. The second kappa shape index (κ2) is 7.36. The first-order valence-corrected chi connectivity index (χ1v) is 8.52. The Morgan fingerprint density at radius 1 is 1.31 bits per heavy atom. The molecule has 0 atom stereocenters. The molecule has 6 heteroatoms. The first kappa shape index (κ1) is 17.6. The quantitative estimate of drug-likeness (QED) is 0.657. The Hall–Kier alpha value is -3.20. The molecule has 0 aliphatic heterocycles. The lowest BCUT2D eigenvalue weighted by Crippen LogP contribution is -2.43. The number of hydrogen-bond donors (Lipinski definition) is 1. The smallest absolute Gasteiger partial charge is 0.316 e. The number of carbonyl (C=O) groups is 2. The van der Waals surface area contributed by atoms with Crippen molar-refractivity contribution in [3.63, 3.8) is 0 Å². The Kier molecular flexibility index (Phi) is 4.99. The van der Waals surface area contributed by atoms with E-state index < -0.39 is 5.41 Å². The van der Waals surface area contributed by atoms with Crippen molar-refractivity contribution in [3.8, 4) is 0 Å². The maximum atomic E-state index is 12.3. The molecule has 1 aliphatic rings. The largest absolute Gasteiger partial charge is 0.465 e. The Morgan fingerprint density at radius 2 is 2.12 bits per heavy atom. The zero-order valence-electron chi connectivity index (χ0n) is 14.5. The second-order valence-electron chi connectivity index (χ2n) is 6.20. The van der Waals surface area contributed by atoms with Crippen LogP contribution in [0, 0.1) is 6.57 Å².